The lowest BCUT2D eigenvalue weighted by atomic mass is 9.83. The molecule has 2 rings (SSSR count). The molecular weight excluding hydrogens is 244 g/mol. The molecule has 1 aliphatic heterocycles. The van der Waals surface area contributed by atoms with Crippen molar-refractivity contribution in [3.05, 3.63) is 11.8 Å². The third-order valence-corrected chi connectivity index (χ3v) is 3.65. The Kier molecular flexibility index (Phi) is 3.97. The molecule has 0 spiro atoms. The Morgan fingerprint density at radius 2 is 2.00 bits per heavy atom. The highest BCUT2D eigenvalue weighted by Gasteiger charge is 2.29. The molecule has 0 radical (unpaired) electrons. The lowest BCUT2D eigenvalue weighted by Crippen LogP contribution is -2.62. The topological polar surface area (TPSA) is 82.3 Å². The zero-order valence-corrected chi connectivity index (χ0v) is 11.5. The molecule has 3 amide bonds. The summed E-state index contributed by atoms with van der Waals surface area (Å²) in [4.78, 5) is 23.3. The number of carbonyl (C=O) groups is 2. The van der Waals surface area contributed by atoms with E-state index in [4.69, 9.17) is 0 Å². The molecule has 6 heteroatoms. The van der Waals surface area contributed by atoms with Crippen molar-refractivity contribution < 1.29 is 9.59 Å². The fourth-order valence-electron chi connectivity index (χ4n) is 2.66. The van der Waals surface area contributed by atoms with E-state index in [-0.39, 0.29) is 17.5 Å². The van der Waals surface area contributed by atoms with Crippen LogP contribution in [0.25, 0.3) is 0 Å². The number of nitrogens with one attached hydrogen (secondary N) is 4. The summed E-state index contributed by atoms with van der Waals surface area (Å²) < 4.78 is 0. The van der Waals surface area contributed by atoms with Crippen LogP contribution < -0.4 is 21.3 Å². The van der Waals surface area contributed by atoms with Crippen molar-refractivity contribution in [1.29, 1.82) is 0 Å². The maximum Gasteiger partial charge on any atom is 0.318 e. The summed E-state index contributed by atoms with van der Waals surface area (Å²) in [6, 6.07) is -0.253. The summed E-state index contributed by atoms with van der Waals surface area (Å²) in [7, 11) is 0. The molecule has 0 aromatic carbocycles. The van der Waals surface area contributed by atoms with Gasteiger partial charge in [-0.15, -0.1) is 0 Å². The number of amides is 3. The third kappa shape index (κ3) is 3.87. The van der Waals surface area contributed by atoms with Crippen LogP contribution in [-0.2, 0) is 4.79 Å². The SMILES string of the molecule is CC1=CC(=O)NC(NC(=O)NC2(C)CCCCC2)N1. The van der Waals surface area contributed by atoms with E-state index in [1.54, 1.807) is 6.92 Å². The number of allylic oxidation sites excluding steroid dienone is 1. The molecule has 4 N–H and O–H groups in total. The fourth-order valence-corrected chi connectivity index (χ4v) is 2.66. The van der Waals surface area contributed by atoms with Gasteiger partial charge in [0.1, 0.15) is 0 Å². The molecule has 0 aromatic rings. The van der Waals surface area contributed by atoms with Crippen molar-refractivity contribution in [2.75, 3.05) is 0 Å². The quantitative estimate of drug-likeness (QED) is 0.600. The number of hydrogen-bond acceptors (Lipinski definition) is 3. The summed E-state index contributed by atoms with van der Waals surface area (Å²) in [5.41, 5.74) is 0.601. The maximum atomic E-state index is 12.0. The van der Waals surface area contributed by atoms with E-state index >= 15 is 0 Å². The van der Waals surface area contributed by atoms with Crippen LogP contribution in [0, 0.1) is 0 Å². The smallest absolute Gasteiger partial charge is 0.318 e. The molecule has 0 aromatic heterocycles. The Morgan fingerprint density at radius 1 is 1.32 bits per heavy atom. The Bertz CT molecular complexity index is 399. The van der Waals surface area contributed by atoms with Gasteiger partial charge in [-0.05, 0) is 26.7 Å². The van der Waals surface area contributed by atoms with Gasteiger partial charge in [-0.25, -0.2) is 4.79 Å². The number of rotatable bonds is 2. The van der Waals surface area contributed by atoms with E-state index < -0.39 is 6.29 Å². The molecule has 1 aliphatic carbocycles. The monoisotopic (exact) mass is 266 g/mol. The Balaban J connectivity index is 1.84. The van der Waals surface area contributed by atoms with Gasteiger partial charge in [-0.2, -0.15) is 0 Å². The van der Waals surface area contributed by atoms with Gasteiger partial charge >= 0.3 is 6.03 Å². The second kappa shape index (κ2) is 5.50. The molecule has 1 atom stereocenters. The van der Waals surface area contributed by atoms with E-state index in [0.29, 0.717) is 0 Å². The van der Waals surface area contributed by atoms with E-state index in [9.17, 15) is 9.59 Å². The highest BCUT2D eigenvalue weighted by atomic mass is 16.2. The van der Waals surface area contributed by atoms with Crippen LogP contribution in [0.5, 0.6) is 0 Å². The van der Waals surface area contributed by atoms with Gasteiger partial charge in [-0.1, -0.05) is 19.3 Å². The number of carbonyl (C=O) groups excluding carboxylic acids is 2. The van der Waals surface area contributed by atoms with Crippen LogP contribution in [-0.4, -0.2) is 23.8 Å². The van der Waals surface area contributed by atoms with Crippen LogP contribution in [0.3, 0.4) is 0 Å². The predicted molar refractivity (Wildman–Crippen MR) is 72.0 cm³/mol. The van der Waals surface area contributed by atoms with Crippen molar-refractivity contribution in [3.8, 4) is 0 Å². The average molecular weight is 266 g/mol. The third-order valence-electron chi connectivity index (χ3n) is 3.65. The largest absolute Gasteiger partial charge is 0.352 e. The first-order valence-electron chi connectivity index (χ1n) is 6.81. The van der Waals surface area contributed by atoms with Crippen LogP contribution in [0.4, 0.5) is 4.79 Å². The molecule has 6 nitrogen and oxygen atoms in total. The Hall–Kier alpha value is -1.72. The van der Waals surface area contributed by atoms with E-state index in [1.165, 1.54) is 12.5 Å². The van der Waals surface area contributed by atoms with Crippen molar-refractivity contribution in [2.45, 2.75) is 57.8 Å². The van der Waals surface area contributed by atoms with Gasteiger partial charge in [0, 0.05) is 17.3 Å². The van der Waals surface area contributed by atoms with Crippen LogP contribution in [0.2, 0.25) is 0 Å². The first-order chi connectivity index (χ1) is 8.97. The van der Waals surface area contributed by atoms with Crippen LogP contribution in [0.15, 0.2) is 11.8 Å². The lowest BCUT2D eigenvalue weighted by molar-refractivity contribution is -0.118. The number of urea groups is 1. The predicted octanol–water partition coefficient (Wildman–Crippen LogP) is 0.915. The summed E-state index contributed by atoms with van der Waals surface area (Å²) in [6.07, 6.45) is 6.45. The first kappa shape index (κ1) is 13.7. The highest BCUT2D eigenvalue weighted by Crippen LogP contribution is 2.27. The second-order valence-corrected chi connectivity index (χ2v) is 5.63. The molecule has 1 fully saturated rings. The van der Waals surface area contributed by atoms with Crippen molar-refractivity contribution in [3.63, 3.8) is 0 Å². The van der Waals surface area contributed by atoms with Gasteiger partial charge in [0.05, 0.1) is 0 Å². The summed E-state index contributed by atoms with van der Waals surface area (Å²) in [6.45, 7) is 3.86. The molecular formula is C13H22N4O2. The molecule has 0 bridgehead atoms. The van der Waals surface area contributed by atoms with E-state index in [0.717, 1.165) is 31.4 Å². The van der Waals surface area contributed by atoms with Gasteiger partial charge in [0.25, 0.3) is 0 Å². The molecule has 19 heavy (non-hydrogen) atoms. The van der Waals surface area contributed by atoms with E-state index in [2.05, 4.69) is 28.2 Å². The molecule has 2 aliphatic rings. The van der Waals surface area contributed by atoms with Gasteiger partial charge in [-0.3, -0.25) is 4.79 Å². The Morgan fingerprint density at radius 3 is 2.63 bits per heavy atom. The minimum atomic E-state index is -0.551. The van der Waals surface area contributed by atoms with Gasteiger partial charge in [0.2, 0.25) is 5.91 Å². The standard InChI is InChI=1S/C13H22N4O2/c1-9-8-10(18)15-11(14-9)16-12(19)17-13(2)6-4-3-5-7-13/h8,11,14H,3-7H2,1-2H3,(H,15,18)(H2,16,17,19). The first-order valence-corrected chi connectivity index (χ1v) is 6.81. The van der Waals surface area contributed by atoms with Gasteiger partial charge in [0.15, 0.2) is 6.29 Å². The molecule has 1 unspecified atom stereocenters. The van der Waals surface area contributed by atoms with E-state index in [1.807, 2.05) is 0 Å². The van der Waals surface area contributed by atoms with Gasteiger partial charge < -0.3 is 21.3 Å². The second-order valence-electron chi connectivity index (χ2n) is 5.63. The van der Waals surface area contributed by atoms with Crippen LogP contribution >= 0.6 is 0 Å². The fraction of sp³-hybridized carbons (Fsp3) is 0.692. The van der Waals surface area contributed by atoms with Crippen molar-refractivity contribution in [2.24, 2.45) is 0 Å². The Labute approximate surface area is 113 Å². The van der Waals surface area contributed by atoms with Crippen molar-refractivity contribution in [1.82, 2.24) is 21.3 Å². The van der Waals surface area contributed by atoms with Crippen molar-refractivity contribution >= 4 is 11.9 Å². The summed E-state index contributed by atoms with van der Waals surface area (Å²) in [5, 5.41) is 11.3. The minimum absolute atomic E-state index is 0.133. The lowest BCUT2D eigenvalue weighted by Gasteiger charge is -2.35. The van der Waals surface area contributed by atoms with Crippen LogP contribution in [0.1, 0.15) is 46.0 Å². The zero-order chi connectivity index (χ0) is 13.9. The molecule has 1 saturated carbocycles. The molecule has 106 valence electrons. The normalized spacial score (nSPS) is 25.7. The minimum Gasteiger partial charge on any atom is -0.352 e. The highest BCUT2D eigenvalue weighted by molar-refractivity contribution is 5.89. The average Bonchev–Trinajstić information content (AvgIpc) is 2.27. The maximum absolute atomic E-state index is 12.0. The molecule has 0 saturated heterocycles. The summed E-state index contributed by atoms with van der Waals surface area (Å²) >= 11 is 0. The summed E-state index contributed by atoms with van der Waals surface area (Å²) in [5.74, 6) is -0.203. The molecule has 1 heterocycles. The zero-order valence-electron chi connectivity index (χ0n) is 11.5. The number of hydrogen-bond donors (Lipinski definition) is 4.